The van der Waals surface area contributed by atoms with Gasteiger partial charge in [0.25, 0.3) is 5.96 Å². The predicted octanol–water partition coefficient (Wildman–Crippen LogP) is -0.986. The molecule has 3 N–H and O–H groups in total. The zero-order chi connectivity index (χ0) is 10.3. The number of hydrazone groups is 1. The summed E-state index contributed by atoms with van der Waals surface area (Å²) in [7, 11) is 1.42. The molecule has 0 fully saturated rings. The van der Waals surface area contributed by atoms with Gasteiger partial charge in [0.2, 0.25) is 0 Å². The molecular weight excluding hydrogens is 182 g/mol. The Morgan fingerprint density at radius 1 is 1.77 bits per heavy atom. The second-order valence-corrected chi connectivity index (χ2v) is 1.91. The highest BCUT2D eigenvalue weighted by atomic mass is 16.7. The average molecular weight is 192 g/mol. The van der Waals surface area contributed by atoms with Crippen LogP contribution >= 0.6 is 0 Å². The zero-order valence-electron chi connectivity index (χ0n) is 6.95. The van der Waals surface area contributed by atoms with Crippen molar-refractivity contribution < 1.29 is 15.0 Å². The lowest BCUT2D eigenvalue weighted by molar-refractivity contribution is -0.796. The fourth-order valence-corrected chi connectivity index (χ4v) is 0.514. The molecule has 9 nitrogen and oxygen atoms in total. The number of nitrogens with two attached hydrogens (primary N) is 1. The van der Waals surface area contributed by atoms with Crippen LogP contribution in [-0.4, -0.2) is 41.5 Å². The Kier molecular flexibility index (Phi) is 5.03. The molecule has 0 aliphatic heterocycles. The maximum absolute atomic E-state index is 10.1. The standard InChI is InChI=1S/C4H10N5O4/c1-13-3-2-8(7-10)4(5)6-9(11)12/h2-3H2,1H3,(H2,5,6)(H,11,12)/q+1. The summed E-state index contributed by atoms with van der Waals surface area (Å²) in [4.78, 5) is 20.0. The van der Waals surface area contributed by atoms with E-state index in [4.69, 9.17) is 10.9 Å². The normalized spacial score (nSPS) is 11.0. The fourth-order valence-electron chi connectivity index (χ4n) is 0.514. The number of rotatable bonds is 5. The first kappa shape index (κ1) is 11.2. The van der Waals surface area contributed by atoms with Gasteiger partial charge in [0, 0.05) is 7.11 Å². The molecule has 0 spiro atoms. The summed E-state index contributed by atoms with van der Waals surface area (Å²) in [6.45, 7) is 0.232. The van der Waals surface area contributed by atoms with Crippen molar-refractivity contribution in [1.29, 1.82) is 0 Å². The van der Waals surface area contributed by atoms with Gasteiger partial charge in [-0.25, -0.2) is 5.21 Å². The molecule has 0 aromatic carbocycles. The van der Waals surface area contributed by atoms with Gasteiger partial charge in [-0.2, -0.15) is 5.01 Å². The van der Waals surface area contributed by atoms with Crippen LogP contribution in [0, 0.1) is 9.81 Å². The smallest absolute Gasteiger partial charge is 0.383 e. The van der Waals surface area contributed by atoms with Gasteiger partial charge < -0.3 is 10.5 Å². The SMILES string of the molecule is COCCN(N=O)/C(N)=N/[N+](=O)O. The molecule has 74 valence electrons. The Bertz CT molecular complexity index is 217. The minimum Gasteiger partial charge on any atom is -0.383 e. The van der Waals surface area contributed by atoms with Crippen LogP contribution in [0.2, 0.25) is 0 Å². The summed E-state index contributed by atoms with van der Waals surface area (Å²) in [5.74, 6) is -0.510. The van der Waals surface area contributed by atoms with Crippen LogP contribution < -0.4 is 5.73 Å². The van der Waals surface area contributed by atoms with Crippen molar-refractivity contribution in [3.63, 3.8) is 0 Å². The minimum absolute atomic E-state index is 0.0448. The van der Waals surface area contributed by atoms with E-state index in [2.05, 4.69) is 15.1 Å². The molecule has 0 saturated heterocycles. The first-order valence-electron chi connectivity index (χ1n) is 3.21. The van der Waals surface area contributed by atoms with Gasteiger partial charge in [0.1, 0.15) is 10.0 Å². The molecule has 0 radical (unpaired) electrons. The van der Waals surface area contributed by atoms with Crippen molar-refractivity contribution in [2.45, 2.75) is 0 Å². The topological polar surface area (TPSA) is 121 Å². The summed E-state index contributed by atoms with van der Waals surface area (Å²) in [5.41, 5.74) is 5.10. The number of guanidine groups is 1. The van der Waals surface area contributed by atoms with Crippen LogP contribution in [0.4, 0.5) is 0 Å². The van der Waals surface area contributed by atoms with E-state index in [0.29, 0.717) is 5.01 Å². The molecule has 9 heteroatoms. The van der Waals surface area contributed by atoms with Crippen molar-refractivity contribution >= 4 is 5.96 Å². The minimum atomic E-state index is -0.764. The second-order valence-electron chi connectivity index (χ2n) is 1.91. The quantitative estimate of drug-likeness (QED) is 0.250. The third-order valence-corrected chi connectivity index (χ3v) is 1.06. The maximum atomic E-state index is 10.1. The summed E-state index contributed by atoms with van der Waals surface area (Å²) in [6.07, 6.45) is 0. The van der Waals surface area contributed by atoms with Gasteiger partial charge in [0.05, 0.1) is 18.4 Å². The molecule has 0 rings (SSSR count). The van der Waals surface area contributed by atoms with E-state index in [0.717, 1.165) is 0 Å². The van der Waals surface area contributed by atoms with Gasteiger partial charge >= 0.3 is 5.03 Å². The van der Waals surface area contributed by atoms with E-state index in [1.165, 1.54) is 7.11 Å². The molecule has 0 aromatic heterocycles. The van der Waals surface area contributed by atoms with E-state index >= 15 is 0 Å². The third-order valence-electron chi connectivity index (χ3n) is 1.06. The van der Waals surface area contributed by atoms with Crippen LogP contribution in [0.1, 0.15) is 0 Å². The molecular formula is C4H10N5O4+. The van der Waals surface area contributed by atoms with Crippen LogP contribution in [0.3, 0.4) is 0 Å². The van der Waals surface area contributed by atoms with Gasteiger partial charge in [-0.1, -0.05) is 0 Å². The fraction of sp³-hybridized carbons (Fsp3) is 0.750. The van der Waals surface area contributed by atoms with Crippen LogP contribution in [0.15, 0.2) is 10.4 Å². The first-order valence-corrected chi connectivity index (χ1v) is 3.21. The maximum Gasteiger partial charge on any atom is 0.391 e. The third kappa shape index (κ3) is 4.63. The lowest BCUT2D eigenvalue weighted by Crippen LogP contribution is -2.35. The summed E-state index contributed by atoms with van der Waals surface area (Å²) in [5, 5.41) is 13.3. The molecule has 0 bridgehead atoms. The predicted molar refractivity (Wildman–Crippen MR) is 41.4 cm³/mol. The summed E-state index contributed by atoms with van der Waals surface area (Å²) in [6, 6.07) is 0. The van der Waals surface area contributed by atoms with E-state index in [1.54, 1.807) is 0 Å². The number of hydrogen-bond acceptors (Lipinski definition) is 4. The highest BCUT2D eigenvalue weighted by Gasteiger charge is 2.13. The molecule has 0 aliphatic carbocycles. The number of nitroso groups, excluding NO2 is 1. The average Bonchev–Trinajstić information content (AvgIpc) is 2.04. The monoisotopic (exact) mass is 192 g/mol. The van der Waals surface area contributed by atoms with Crippen LogP contribution in [-0.2, 0) is 4.74 Å². The Morgan fingerprint density at radius 2 is 2.38 bits per heavy atom. The van der Waals surface area contributed by atoms with Crippen molar-refractivity contribution in [3.05, 3.63) is 9.81 Å². The van der Waals surface area contributed by atoms with Crippen molar-refractivity contribution in [2.24, 2.45) is 16.1 Å². The van der Waals surface area contributed by atoms with Gasteiger partial charge in [0.15, 0.2) is 0 Å². The number of hydrogen-bond donors (Lipinski definition) is 2. The molecule has 0 heterocycles. The number of ether oxygens (including phenoxy) is 1. The molecule has 0 unspecified atom stereocenters. The Hall–Kier alpha value is -1.77. The van der Waals surface area contributed by atoms with Crippen molar-refractivity contribution in [2.75, 3.05) is 20.3 Å². The zero-order valence-corrected chi connectivity index (χ0v) is 6.95. The summed E-state index contributed by atoms with van der Waals surface area (Å²) >= 11 is 0. The van der Waals surface area contributed by atoms with Crippen LogP contribution in [0.25, 0.3) is 0 Å². The molecule has 0 amide bonds. The largest absolute Gasteiger partial charge is 0.391 e. The van der Waals surface area contributed by atoms with Gasteiger partial charge in [-0.05, 0) is 0 Å². The Morgan fingerprint density at radius 3 is 2.77 bits per heavy atom. The molecule has 0 saturated carbocycles. The molecule has 0 aliphatic rings. The molecule has 0 aromatic rings. The second kappa shape index (κ2) is 5.83. The lowest BCUT2D eigenvalue weighted by Gasteiger charge is -2.09. The molecule has 13 heavy (non-hydrogen) atoms. The van der Waals surface area contributed by atoms with E-state index in [9.17, 15) is 9.81 Å². The summed E-state index contributed by atoms with van der Waals surface area (Å²) < 4.78 is 4.62. The number of nitrogens with zero attached hydrogens (tertiary/aromatic N) is 4. The van der Waals surface area contributed by atoms with E-state index in [1.807, 2.05) is 0 Å². The van der Waals surface area contributed by atoms with E-state index < -0.39 is 11.0 Å². The number of methoxy groups -OCH3 is 1. The van der Waals surface area contributed by atoms with Crippen LogP contribution in [0.5, 0.6) is 0 Å². The highest BCUT2D eigenvalue weighted by Crippen LogP contribution is 1.88. The van der Waals surface area contributed by atoms with Gasteiger partial charge in [-0.15, -0.1) is 4.91 Å². The van der Waals surface area contributed by atoms with Gasteiger partial charge in [-0.3, -0.25) is 0 Å². The lowest BCUT2D eigenvalue weighted by atomic mass is 10.6. The Balaban J connectivity index is 4.22. The Labute approximate surface area is 73.2 Å². The highest BCUT2D eigenvalue weighted by molar-refractivity contribution is 5.76. The molecule has 0 atom stereocenters. The first-order chi connectivity index (χ1) is 6.11. The van der Waals surface area contributed by atoms with Crippen molar-refractivity contribution in [1.82, 2.24) is 5.01 Å². The van der Waals surface area contributed by atoms with Crippen molar-refractivity contribution in [3.8, 4) is 0 Å². The van der Waals surface area contributed by atoms with E-state index in [-0.39, 0.29) is 13.2 Å².